The van der Waals surface area contributed by atoms with E-state index in [-0.39, 0.29) is 11.6 Å². The largest absolute Gasteiger partial charge is 0.488 e. The van der Waals surface area contributed by atoms with Gasteiger partial charge in [-0.2, -0.15) is 0 Å². The van der Waals surface area contributed by atoms with Crippen molar-refractivity contribution in [2.24, 2.45) is 0 Å². The van der Waals surface area contributed by atoms with Crippen molar-refractivity contribution in [1.82, 2.24) is 4.90 Å². The average Bonchev–Trinajstić information content (AvgIpc) is 2.84. The molecule has 1 aromatic carbocycles. The van der Waals surface area contributed by atoms with Gasteiger partial charge in [-0.25, -0.2) is 4.39 Å². The summed E-state index contributed by atoms with van der Waals surface area (Å²) in [4.78, 5) is 2.02. The van der Waals surface area contributed by atoms with Crippen molar-refractivity contribution in [2.75, 3.05) is 20.2 Å². The highest BCUT2D eigenvalue weighted by Gasteiger charge is 2.19. The van der Waals surface area contributed by atoms with Gasteiger partial charge in [0, 0.05) is 25.3 Å². The van der Waals surface area contributed by atoms with Crippen LogP contribution in [0.1, 0.15) is 18.4 Å². The smallest absolute Gasteiger partial charge is 0.423 e. The van der Waals surface area contributed by atoms with E-state index in [9.17, 15) is 4.39 Å². The van der Waals surface area contributed by atoms with E-state index < -0.39 is 12.9 Å². The summed E-state index contributed by atoms with van der Waals surface area (Å²) in [7, 11) is 0.295. The maximum Gasteiger partial charge on any atom is 0.488 e. The number of benzene rings is 1. The molecule has 1 aromatic rings. The molecule has 104 valence electrons. The van der Waals surface area contributed by atoms with Crippen molar-refractivity contribution < 1.29 is 19.2 Å². The lowest BCUT2D eigenvalue weighted by Gasteiger charge is -2.20. The lowest BCUT2D eigenvalue weighted by molar-refractivity contribution is 0.0790. The molecule has 1 aliphatic heterocycles. The lowest BCUT2D eigenvalue weighted by Crippen LogP contribution is -2.31. The highest BCUT2D eigenvalue weighted by molar-refractivity contribution is 6.58. The summed E-state index contributed by atoms with van der Waals surface area (Å²) in [5.41, 5.74) is 0.716. The summed E-state index contributed by atoms with van der Waals surface area (Å²) in [6.45, 7) is 2.08. The normalized spacial score (nSPS) is 19.1. The van der Waals surface area contributed by atoms with Crippen LogP contribution < -0.4 is 5.46 Å². The quantitative estimate of drug-likeness (QED) is 0.744. The van der Waals surface area contributed by atoms with E-state index in [4.69, 9.17) is 14.8 Å². The van der Waals surface area contributed by atoms with Crippen molar-refractivity contribution in [1.29, 1.82) is 0 Å². The fourth-order valence-electron chi connectivity index (χ4n) is 2.34. The minimum Gasteiger partial charge on any atom is -0.423 e. The van der Waals surface area contributed by atoms with Gasteiger partial charge in [0.15, 0.2) is 0 Å². The van der Waals surface area contributed by atoms with Crippen LogP contribution in [-0.2, 0) is 11.3 Å². The number of halogens is 1. The third-order valence-electron chi connectivity index (χ3n) is 3.35. The number of rotatable bonds is 5. The lowest BCUT2D eigenvalue weighted by atomic mass is 9.80. The molecule has 0 saturated carbocycles. The monoisotopic (exact) mass is 267 g/mol. The van der Waals surface area contributed by atoms with Gasteiger partial charge in [0.25, 0.3) is 0 Å². The Morgan fingerprint density at radius 3 is 2.84 bits per heavy atom. The average molecular weight is 267 g/mol. The number of hydrogen-bond acceptors (Lipinski definition) is 4. The Morgan fingerprint density at radius 1 is 1.47 bits per heavy atom. The summed E-state index contributed by atoms with van der Waals surface area (Å²) < 4.78 is 19.3. The van der Waals surface area contributed by atoms with Gasteiger partial charge in [-0.05, 0) is 31.4 Å². The molecule has 4 nitrogen and oxygen atoms in total. The summed E-state index contributed by atoms with van der Waals surface area (Å²) in [6.07, 6.45) is 2.39. The number of nitrogens with zero attached hydrogens (tertiary/aromatic N) is 1. The van der Waals surface area contributed by atoms with Crippen LogP contribution >= 0.6 is 0 Å². The van der Waals surface area contributed by atoms with Crippen molar-refractivity contribution in [2.45, 2.75) is 25.5 Å². The topological polar surface area (TPSA) is 52.9 Å². The number of likely N-dealkylation sites (N-methyl/N-ethyl adjacent to an activating group) is 1. The van der Waals surface area contributed by atoms with Crippen LogP contribution in [0.15, 0.2) is 18.2 Å². The third-order valence-corrected chi connectivity index (χ3v) is 3.35. The van der Waals surface area contributed by atoms with Crippen LogP contribution in [0.25, 0.3) is 0 Å². The first kappa shape index (κ1) is 14.5. The van der Waals surface area contributed by atoms with Crippen LogP contribution in [-0.4, -0.2) is 48.4 Å². The molecule has 19 heavy (non-hydrogen) atoms. The van der Waals surface area contributed by atoms with Gasteiger partial charge < -0.3 is 14.8 Å². The van der Waals surface area contributed by atoms with Gasteiger partial charge in [-0.3, -0.25) is 4.90 Å². The molecular weight excluding hydrogens is 248 g/mol. The van der Waals surface area contributed by atoms with E-state index in [0.29, 0.717) is 12.1 Å². The molecule has 0 bridgehead atoms. The Hall–Kier alpha value is -0.945. The van der Waals surface area contributed by atoms with Gasteiger partial charge in [-0.15, -0.1) is 0 Å². The molecule has 1 atom stereocenters. The fraction of sp³-hybridized carbons (Fsp3) is 0.538. The summed E-state index contributed by atoms with van der Waals surface area (Å²) in [5.74, 6) is -0.412. The Labute approximate surface area is 113 Å². The van der Waals surface area contributed by atoms with Crippen molar-refractivity contribution >= 4 is 12.6 Å². The van der Waals surface area contributed by atoms with Crippen LogP contribution in [0.3, 0.4) is 0 Å². The first-order valence-corrected chi connectivity index (χ1v) is 6.51. The second-order valence-corrected chi connectivity index (χ2v) is 5.06. The second kappa shape index (κ2) is 6.48. The molecule has 1 unspecified atom stereocenters. The first-order chi connectivity index (χ1) is 9.06. The Bertz CT molecular complexity index is 424. The van der Waals surface area contributed by atoms with E-state index in [0.717, 1.165) is 26.0 Å². The SMILES string of the molecule is CN(Cc1ccc(B(O)O)cc1F)CC1CCCO1. The molecule has 1 heterocycles. The summed E-state index contributed by atoms with van der Waals surface area (Å²) >= 11 is 0. The Kier molecular flexibility index (Phi) is 4.93. The van der Waals surface area contributed by atoms with E-state index in [1.54, 1.807) is 6.07 Å². The molecule has 6 heteroatoms. The predicted molar refractivity (Wildman–Crippen MR) is 71.5 cm³/mol. The summed E-state index contributed by atoms with van der Waals surface area (Å²) in [5, 5.41) is 17.9. The van der Waals surface area contributed by atoms with Gasteiger partial charge in [0.1, 0.15) is 5.82 Å². The molecule has 1 saturated heterocycles. The number of hydrogen-bond donors (Lipinski definition) is 2. The maximum absolute atomic E-state index is 13.8. The molecule has 0 amide bonds. The highest BCUT2D eigenvalue weighted by Crippen LogP contribution is 2.15. The standard InChI is InChI=1S/C13H19BFNO3/c1-16(9-12-3-2-6-19-12)8-10-4-5-11(14(17)18)7-13(10)15/h4-5,7,12,17-18H,2-3,6,8-9H2,1H3. The van der Waals surface area contributed by atoms with Crippen LogP contribution in [0.4, 0.5) is 4.39 Å². The van der Waals surface area contributed by atoms with Crippen molar-refractivity contribution in [3.05, 3.63) is 29.6 Å². The minimum atomic E-state index is -1.63. The van der Waals surface area contributed by atoms with Gasteiger partial charge in [0.2, 0.25) is 0 Å². The molecule has 0 radical (unpaired) electrons. The molecular formula is C13H19BFNO3. The third kappa shape index (κ3) is 4.01. The first-order valence-electron chi connectivity index (χ1n) is 6.51. The molecule has 0 aliphatic carbocycles. The van der Waals surface area contributed by atoms with Gasteiger partial charge in [-0.1, -0.05) is 12.1 Å². The maximum atomic E-state index is 13.8. The molecule has 2 N–H and O–H groups in total. The molecule has 1 aliphatic rings. The van der Waals surface area contributed by atoms with E-state index >= 15 is 0 Å². The van der Waals surface area contributed by atoms with Crippen molar-refractivity contribution in [3.8, 4) is 0 Å². The van der Waals surface area contributed by atoms with E-state index in [1.165, 1.54) is 12.1 Å². The predicted octanol–water partition coefficient (Wildman–Crippen LogP) is 0.116. The zero-order valence-corrected chi connectivity index (χ0v) is 11.1. The fourth-order valence-corrected chi connectivity index (χ4v) is 2.34. The summed E-state index contributed by atoms with van der Waals surface area (Å²) in [6, 6.07) is 4.29. The van der Waals surface area contributed by atoms with Crippen LogP contribution in [0.5, 0.6) is 0 Å². The van der Waals surface area contributed by atoms with Crippen LogP contribution in [0.2, 0.25) is 0 Å². The second-order valence-electron chi connectivity index (χ2n) is 5.06. The minimum absolute atomic E-state index is 0.169. The molecule has 0 aromatic heterocycles. The Morgan fingerprint density at radius 2 is 2.26 bits per heavy atom. The molecule has 2 rings (SSSR count). The van der Waals surface area contributed by atoms with E-state index in [1.807, 2.05) is 11.9 Å². The van der Waals surface area contributed by atoms with Crippen molar-refractivity contribution in [3.63, 3.8) is 0 Å². The zero-order chi connectivity index (χ0) is 13.8. The Balaban J connectivity index is 1.94. The number of ether oxygens (including phenoxy) is 1. The molecule has 0 spiro atoms. The zero-order valence-electron chi connectivity index (χ0n) is 11.1. The van der Waals surface area contributed by atoms with E-state index in [2.05, 4.69) is 0 Å². The van der Waals surface area contributed by atoms with Gasteiger partial charge >= 0.3 is 7.12 Å². The molecule has 1 fully saturated rings. The highest BCUT2D eigenvalue weighted by atomic mass is 19.1. The van der Waals surface area contributed by atoms with Gasteiger partial charge in [0.05, 0.1) is 6.10 Å². The van der Waals surface area contributed by atoms with Crippen LogP contribution in [0, 0.1) is 5.82 Å².